The molecule has 1 saturated heterocycles. The lowest BCUT2D eigenvalue weighted by atomic mass is 10.0. The Morgan fingerprint density at radius 3 is 2.87 bits per heavy atom. The zero-order valence-corrected chi connectivity index (χ0v) is 8.56. The molecule has 2 heterocycles. The van der Waals surface area contributed by atoms with E-state index >= 15 is 0 Å². The maximum absolute atomic E-state index is 10.6. The molecule has 0 radical (unpaired) electrons. The van der Waals surface area contributed by atoms with Crippen molar-refractivity contribution in [3.05, 3.63) is 35.9 Å². The van der Waals surface area contributed by atoms with Gasteiger partial charge in [-0.2, -0.15) is 0 Å². The fourth-order valence-corrected chi connectivity index (χ4v) is 2.46. The van der Waals surface area contributed by atoms with Crippen molar-refractivity contribution >= 4 is 5.84 Å². The highest BCUT2D eigenvalue weighted by molar-refractivity contribution is 5.86. The molecule has 15 heavy (non-hydrogen) atoms. The molecule has 1 aromatic rings. The van der Waals surface area contributed by atoms with Crippen LogP contribution in [0.5, 0.6) is 0 Å². The second kappa shape index (κ2) is 3.07. The van der Waals surface area contributed by atoms with Crippen LogP contribution in [-0.2, 0) is 5.72 Å². The fraction of sp³-hybridized carbons (Fsp3) is 0.417. The molecule has 3 heteroatoms. The second-order valence-corrected chi connectivity index (χ2v) is 4.17. The quantitative estimate of drug-likeness (QED) is 0.746. The summed E-state index contributed by atoms with van der Waals surface area (Å²) in [6.07, 6.45) is 2.11. The molecule has 78 valence electrons. The van der Waals surface area contributed by atoms with E-state index in [0.29, 0.717) is 6.54 Å². The second-order valence-electron chi connectivity index (χ2n) is 4.17. The largest absolute Gasteiger partial charge is 0.365 e. The molecular formula is C12H14N2O. The van der Waals surface area contributed by atoms with Gasteiger partial charge in [-0.3, -0.25) is 4.99 Å². The predicted octanol–water partition coefficient (Wildman–Crippen LogP) is 1.34. The van der Waals surface area contributed by atoms with Gasteiger partial charge in [0.15, 0.2) is 5.72 Å². The van der Waals surface area contributed by atoms with Crippen LogP contribution in [0.2, 0.25) is 0 Å². The molecule has 3 rings (SSSR count). The van der Waals surface area contributed by atoms with E-state index in [1.807, 2.05) is 35.2 Å². The summed E-state index contributed by atoms with van der Waals surface area (Å²) < 4.78 is 0. The lowest BCUT2D eigenvalue weighted by molar-refractivity contribution is -0.0511. The number of rotatable bonds is 1. The summed E-state index contributed by atoms with van der Waals surface area (Å²) in [5.74, 6) is 1.07. The van der Waals surface area contributed by atoms with Gasteiger partial charge in [-0.05, 0) is 6.42 Å². The summed E-state index contributed by atoms with van der Waals surface area (Å²) in [4.78, 5) is 6.46. The molecule has 0 saturated carbocycles. The average Bonchev–Trinajstić information content (AvgIpc) is 2.85. The van der Waals surface area contributed by atoms with E-state index < -0.39 is 5.72 Å². The van der Waals surface area contributed by atoms with Gasteiger partial charge in [0.2, 0.25) is 0 Å². The Labute approximate surface area is 89.1 Å². The van der Waals surface area contributed by atoms with Crippen LogP contribution in [0.1, 0.15) is 18.4 Å². The Kier molecular flexibility index (Phi) is 1.83. The first-order valence-electron chi connectivity index (χ1n) is 5.39. The molecule has 0 bridgehead atoms. The summed E-state index contributed by atoms with van der Waals surface area (Å²) in [5.41, 5.74) is 0.0678. The molecule has 3 nitrogen and oxygen atoms in total. The summed E-state index contributed by atoms with van der Waals surface area (Å²) in [7, 11) is 0. The first-order chi connectivity index (χ1) is 7.31. The van der Waals surface area contributed by atoms with E-state index in [1.54, 1.807) is 0 Å². The molecule has 1 aromatic carbocycles. The Bertz CT molecular complexity index is 401. The number of nitrogens with zero attached hydrogens (tertiary/aromatic N) is 2. The predicted molar refractivity (Wildman–Crippen MR) is 58.6 cm³/mol. The highest BCUT2D eigenvalue weighted by Gasteiger charge is 2.44. The number of fused-ring (bicyclic) bond motifs is 1. The number of amidine groups is 1. The number of aliphatic imine (C=N–C) groups is 1. The summed E-state index contributed by atoms with van der Waals surface area (Å²) >= 11 is 0. The van der Waals surface area contributed by atoms with Crippen molar-refractivity contribution in [1.82, 2.24) is 4.90 Å². The Morgan fingerprint density at radius 2 is 2.07 bits per heavy atom. The van der Waals surface area contributed by atoms with E-state index in [4.69, 9.17) is 0 Å². The lowest BCUT2D eigenvalue weighted by Crippen LogP contribution is -2.44. The standard InChI is InChI=1S/C12H14N2O/c15-12(10-5-2-1-3-6-10)9-13-11-7-4-8-14(11)12/h1-3,5-6,15H,4,7-9H2/t12-/m1/s1. The number of aliphatic hydroxyl groups is 1. The van der Waals surface area contributed by atoms with Crippen molar-refractivity contribution in [3.8, 4) is 0 Å². The van der Waals surface area contributed by atoms with Crippen molar-refractivity contribution in [2.75, 3.05) is 13.1 Å². The van der Waals surface area contributed by atoms with Crippen LogP contribution in [0, 0.1) is 0 Å². The minimum Gasteiger partial charge on any atom is -0.365 e. The molecule has 0 unspecified atom stereocenters. The molecular weight excluding hydrogens is 188 g/mol. The SMILES string of the molecule is O[C@@]1(c2ccccc2)CN=C2CCCN21. The van der Waals surface area contributed by atoms with E-state index in [-0.39, 0.29) is 0 Å². The highest BCUT2D eigenvalue weighted by atomic mass is 16.3. The Hall–Kier alpha value is -1.35. The van der Waals surface area contributed by atoms with Crippen LogP contribution < -0.4 is 0 Å². The summed E-state index contributed by atoms with van der Waals surface area (Å²) in [5, 5.41) is 10.6. The smallest absolute Gasteiger partial charge is 0.185 e. The monoisotopic (exact) mass is 202 g/mol. The van der Waals surface area contributed by atoms with Crippen LogP contribution in [0.4, 0.5) is 0 Å². The van der Waals surface area contributed by atoms with Gasteiger partial charge in [-0.15, -0.1) is 0 Å². The normalized spacial score (nSPS) is 29.1. The highest BCUT2D eigenvalue weighted by Crippen LogP contribution is 2.35. The number of benzene rings is 1. The average molecular weight is 202 g/mol. The van der Waals surface area contributed by atoms with Gasteiger partial charge in [-0.25, -0.2) is 0 Å². The van der Waals surface area contributed by atoms with Crippen molar-refractivity contribution in [3.63, 3.8) is 0 Å². The van der Waals surface area contributed by atoms with Crippen molar-refractivity contribution in [2.24, 2.45) is 4.99 Å². The topological polar surface area (TPSA) is 35.8 Å². The van der Waals surface area contributed by atoms with E-state index in [0.717, 1.165) is 30.8 Å². The van der Waals surface area contributed by atoms with Gasteiger partial charge in [-0.1, -0.05) is 30.3 Å². The maximum atomic E-state index is 10.6. The molecule has 1 N–H and O–H groups in total. The van der Waals surface area contributed by atoms with Crippen molar-refractivity contribution < 1.29 is 5.11 Å². The van der Waals surface area contributed by atoms with Gasteiger partial charge in [0.05, 0.1) is 6.54 Å². The fourth-order valence-electron chi connectivity index (χ4n) is 2.46. The third-order valence-electron chi connectivity index (χ3n) is 3.26. The Balaban J connectivity index is 2.00. The number of hydrogen-bond donors (Lipinski definition) is 1. The Morgan fingerprint density at radius 1 is 1.27 bits per heavy atom. The van der Waals surface area contributed by atoms with Gasteiger partial charge >= 0.3 is 0 Å². The summed E-state index contributed by atoms with van der Waals surface area (Å²) in [6.45, 7) is 1.40. The maximum Gasteiger partial charge on any atom is 0.185 e. The molecule has 2 aliphatic heterocycles. The molecule has 0 amide bonds. The molecule has 1 fully saturated rings. The zero-order valence-electron chi connectivity index (χ0n) is 8.56. The van der Waals surface area contributed by atoms with E-state index in [9.17, 15) is 5.11 Å². The molecule has 0 aromatic heterocycles. The van der Waals surface area contributed by atoms with Crippen LogP contribution in [0.3, 0.4) is 0 Å². The molecule has 0 spiro atoms. The minimum atomic E-state index is -0.882. The lowest BCUT2D eigenvalue weighted by Gasteiger charge is -2.32. The van der Waals surface area contributed by atoms with Gasteiger partial charge in [0, 0.05) is 18.5 Å². The number of hydrogen-bond acceptors (Lipinski definition) is 3. The minimum absolute atomic E-state index is 0.479. The third kappa shape index (κ3) is 1.20. The zero-order chi connectivity index (χ0) is 10.3. The van der Waals surface area contributed by atoms with Gasteiger partial charge < -0.3 is 10.0 Å². The van der Waals surface area contributed by atoms with Crippen molar-refractivity contribution in [2.45, 2.75) is 18.6 Å². The van der Waals surface area contributed by atoms with E-state index in [2.05, 4.69) is 4.99 Å². The first kappa shape index (κ1) is 8.92. The van der Waals surface area contributed by atoms with Crippen LogP contribution in [-0.4, -0.2) is 28.9 Å². The van der Waals surface area contributed by atoms with Crippen LogP contribution in [0.25, 0.3) is 0 Å². The summed E-state index contributed by atoms with van der Waals surface area (Å²) in [6, 6.07) is 9.82. The molecule has 2 aliphatic rings. The third-order valence-corrected chi connectivity index (χ3v) is 3.26. The van der Waals surface area contributed by atoms with Gasteiger partial charge in [0.25, 0.3) is 0 Å². The molecule has 0 aliphatic carbocycles. The van der Waals surface area contributed by atoms with Crippen LogP contribution >= 0.6 is 0 Å². The molecule has 1 atom stereocenters. The van der Waals surface area contributed by atoms with Crippen molar-refractivity contribution in [1.29, 1.82) is 0 Å². The van der Waals surface area contributed by atoms with Crippen LogP contribution in [0.15, 0.2) is 35.3 Å². The first-order valence-corrected chi connectivity index (χ1v) is 5.39. The van der Waals surface area contributed by atoms with E-state index in [1.165, 1.54) is 0 Å². The van der Waals surface area contributed by atoms with Gasteiger partial charge in [0.1, 0.15) is 5.84 Å².